The molecule has 114 valence electrons. The first-order valence-electron chi connectivity index (χ1n) is 6.73. The van der Waals surface area contributed by atoms with Crippen molar-refractivity contribution in [2.24, 2.45) is 7.05 Å². The second-order valence-corrected chi connectivity index (χ2v) is 4.56. The van der Waals surface area contributed by atoms with Crippen LogP contribution in [-0.2, 0) is 7.05 Å². The molecule has 0 saturated carbocycles. The molecule has 6 nitrogen and oxygen atoms in total. The fourth-order valence-corrected chi connectivity index (χ4v) is 2.17. The fraction of sp³-hybridized carbons (Fsp3) is 0.250. The molecular formula is C16H18N4O2. The smallest absolute Gasteiger partial charge is 0.272 e. The van der Waals surface area contributed by atoms with Gasteiger partial charge < -0.3 is 19.9 Å². The Bertz CT molecular complexity index is 728. The lowest BCUT2D eigenvalue weighted by molar-refractivity contribution is 0.0951. The molecule has 0 saturated heterocycles. The van der Waals surface area contributed by atoms with Crippen LogP contribution in [-0.4, -0.2) is 36.2 Å². The molecule has 6 heteroatoms. The summed E-state index contributed by atoms with van der Waals surface area (Å²) in [5.74, 6) is 3.99. The van der Waals surface area contributed by atoms with Gasteiger partial charge in [0, 0.05) is 19.7 Å². The highest BCUT2D eigenvalue weighted by Crippen LogP contribution is 2.27. The number of anilines is 1. The third kappa shape index (κ3) is 2.88. The molecule has 0 aliphatic heterocycles. The van der Waals surface area contributed by atoms with Gasteiger partial charge in [0.15, 0.2) is 11.5 Å². The molecule has 1 aromatic carbocycles. The molecule has 0 aliphatic rings. The second-order valence-electron chi connectivity index (χ2n) is 4.56. The normalized spacial score (nSPS) is 9.91. The zero-order chi connectivity index (χ0) is 16.1. The zero-order valence-electron chi connectivity index (χ0n) is 12.8. The van der Waals surface area contributed by atoms with E-state index in [4.69, 9.17) is 11.2 Å². The number of hydrogen-bond acceptors (Lipinski definition) is 4. The van der Waals surface area contributed by atoms with Gasteiger partial charge in [0.1, 0.15) is 11.6 Å². The monoisotopic (exact) mass is 298 g/mol. The first kappa shape index (κ1) is 15.4. The van der Waals surface area contributed by atoms with Crippen molar-refractivity contribution in [3.05, 3.63) is 30.0 Å². The fourth-order valence-electron chi connectivity index (χ4n) is 2.17. The average Bonchev–Trinajstić information content (AvgIpc) is 2.89. The van der Waals surface area contributed by atoms with Gasteiger partial charge in [-0.2, -0.15) is 0 Å². The minimum atomic E-state index is -0.272. The molecule has 1 amide bonds. The maximum Gasteiger partial charge on any atom is 0.272 e. The van der Waals surface area contributed by atoms with Gasteiger partial charge in [-0.3, -0.25) is 4.79 Å². The lowest BCUT2D eigenvalue weighted by atomic mass is 10.2. The standard InChI is InChI=1S/C16H18N4O2/c1-5-9-18-16(21)13-14(17-2)19-15(20(13)3)11-7-6-8-12(10-11)22-4/h1,6-8,10,17H,9H2,2-4H3,(H,18,21). The van der Waals surface area contributed by atoms with Crippen molar-refractivity contribution in [2.45, 2.75) is 0 Å². The van der Waals surface area contributed by atoms with Crippen molar-refractivity contribution in [3.63, 3.8) is 0 Å². The first-order chi connectivity index (χ1) is 10.6. The van der Waals surface area contributed by atoms with Crippen LogP contribution in [0.3, 0.4) is 0 Å². The van der Waals surface area contributed by atoms with Crippen molar-refractivity contribution in [1.29, 1.82) is 0 Å². The number of ether oxygens (including phenoxy) is 1. The van der Waals surface area contributed by atoms with E-state index in [9.17, 15) is 4.79 Å². The van der Waals surface area contributed by atoms with Crippen molar-refractivity contribution in [3.8, 4) is 29.5 Å². The van der Waals surface area contributed by atoms with E-state index in [1.165, 1.54) is 0 Å². The Labute approximate surface area is 129 Å². The third-order valence-electron chi connectivity index (χ3n) is 3.23. The Morgan fingerprint density at radius 3 is 2.91 bits per heavy atom. The minimum Gasteiger partial charge on any atom is -0.497 e. The molecule has 1 aromatic heterocycles. The van der Waals surface area contributed by atoms with Crippen molar-refractivity contribution in [1.82, 2.24) is 14.9 Å². The number of nitrogens with zero attached hydrogens (tertiary/aromatic N) is 2. The molecule has 1 heterocycles. The van der Waals surface area contributed by atoms with Gasteiger partial charge in [-0.05, 0) is 12.1 Å². The average molecular weight is 298 g/mol. The predicted molar refractivity (Wildman–Crippen MR) is 85.9 cm³/mol. The predicted octanol–water partition coefficient (Wildman–Crippen LogP) is 1.50. The summed E-state index contributed by atoms with van der Waals surface area (Å²) in [6, 6.07) is 7.50. The number of benzene rings is 1. The van der Waals surface area contributed by atoms with E-state index in [0.29, 0.717) is 17.3 Å². The number of amides is 1. The number of rotatable bonds is 5. The van der Waals surface area contributed by atoms with Gasteiger partial charge in [0.05, 0.1) is 13.7 Å². The van der Waals surface area contributed by atoms with Crippen LogP contribution in [0.2, 0.25) is 0 Å². The largest absolute Gasteiger partial charge is 0.497 e. The van der Waals surface area contributed by atoms with Crippen LogP contribution in [0.25, 0.3) is 11.4 Å². The maximum absolute atomic E-state index is 12.2. The lowest BCUT2D eigenvalue weighted by Crippen LogP contribution is -2.26. The van der Waals surface area contributed by atoms with E-state index in [-0.39, 0.29) is 12.5 Å². The van der Waals surface area contributed by atoms with Crippen LogP contribution in [0.4, 0.5) is 5.82 Å². The number of methoxy groups -OCH3 is 1. The SMILES string of the molecule is C#CCNC(=O)c1c(NC)nc(-c2cccc(OC)c2)n1C. The molecule has 22 heavy (non-hydrogen) atoms. The summed E-state index contributed by atoms with van der Waals surface area (Å²) in [5.41, 5.74) is 1.28. The van der Waals surface area contributed by atoms with Crippen molar-refractivity contribution >= 4 is 11.7 Å². The summed E-state index contributed by atoms with van der Waals surface area (Å²) >= 11 is 0. The summed E-state index contributed by atoms with van der Waals surface area (Å²) in [7, 11) is 5.11. The molecule has 0 radical (unpaired) electrons. The van der Waals surface area contributed by atoms with E-state index < -0.39 is 0 Å². The van der Waals surface area contributed by atoms with Crippen molar-refractivity contribution < 1.29 is 9.53 Å². The molecular weight excluding hydrogens is 280 g/mol. The minimum absolute atomic E-state index is 0.168. The molecule has 0 spiro atoms. The van der Waals surface area contributed by atoms with Gasteiger partial charge >= 0.3 is 0 Å². The summed E-state index contributed by atoms with van der Waals surface area (Å²) < 4.78 is 6.95. The molecule has 2 rings (SSSR count). The lowest BCUT2D eigenvalue weighted by Gasteiger charge is -2.07. The second kappa shape index (κ2) is 6.68. The Morgan fingerprint density at radius 1 is 1.50 bits per heavy atom. The van der Waals surface area contributed by atoms with Gasteiger partial charge in [0.2, 0.25) is 0 Å². The Balaban J connectivity index is 2.48. The number of carbonyl (C=O) groups excluding carboxylic acids is 1. The van der Waals surface area contributed by atoms with E-state index in [1.54, 1.807) is 25.8 Å². The molecule has 0 fully saturated rings. The molecule has 0 unspecified atom stereocenters. The van der Waals surface area contributed by atoms with Crippen LogP contribution < -0.4 is 15.4 Å². The Kier molecular flexibility index (Phi) is 4.69. The number of hydrogen-bond donors (Lipinski definition) is 2. The van der Waals surface area contributed by atoms with Crippen LogP contribution in [0.15, 0.2) is 24.3 Å². The van der Waals surface area contributed by atoms with Gasteiger partial charge in [-0.1, -0.05) is 18.1 Å². The number of terminal acetylenes is 1. The summed E-state index contributed by atoms with van der Waals surface area (Å²) in [6.07, 6.45) is 5.18. The van der Waals surface area contributed by atoms with E-state index >= 15 is 0 Å². The molecule has 0 bridgehead atoms. The van der Waals surface area contributed by atoms with Crippen LogP contribution in [0.1, 0.15) is 10.5 Å². The van der Waals surface area contributed by atoms with Crippen molar-refractivity contribution in [2.75, 3.05) is 26.0 Å². The van der Waals surface area contributed by atoms with Gasteiger partial charge in [-0.15, -0.1) is 6.42 Å². The van der Waals surface area contributed by atoms with Crippen LogP contribution in [0.5, 0.6) is 5.75 Å². The number of nitrogens with one attached hydrogen (secondary N) is 2. The first-order valence-corrected chi connectivity index (χ1v) is 6.73. The number of imidazole rings is 1. The Morgan fingerprint density at radius 2 is 2.27 bits per heavy atom. The molecule has 0 atom stereocenters. The topological polar surface area (TPSA) is 68.2 Å². The van der Waals surface area contributed by atoms with Gasteiger partial charge in [-0.25, -0.2) is 4.98 Å². The van der Waals surface area contributed by atoms with E-state index in [0.717, 1.165) is 11.3 Å². The summed E-state index contributed by atoms with van der Waals surface area (Å²) in [5, 5.41) is 5.59. The molecule has 2 N–H and O–H groups in total. The quantitative estimate of drug-likeness (QED) is 0.821. The number of carbonyl (C=O) groups is 1. The highest BCUT2D eigenvalue weighted by molar-refractivity contribution is 5.98. The summed E-state index contributed by atoms with van der Waals surface area (Å²) in [4.78, 5) is 16.7. The molecule has 2 aromatic rings. The van der Waals surface area contributed by atoms with E-state index in [2.05, 4.69) is 21.5 Å². The van der Waals surface area contributed by atoms with Gasteiger partial charge in [0.25, 0.3) is 5.91 Å². The Hall–Kier alpha value is -2.94. The van der Waals surface area contributed by atoms with Crippen LogP contribution >= 0.6 is 0 Å². The number of aromatic nitrogens is 2. The zero-order valence-corrected chi connectivity index (χ0v) is 12.8. The summed E-state index contributed by atoms with van der Waals surface area (Å²) in [6.45, 7) is 0.168. The van der Waals surface area contributed by atoms with Crippen LogP contribution in [0, 0.1) is 12.3 Å². The third-order valence-corrected chi connectivity index (χ3v) is 3.23. The maximum atomic E-state index is 12.2. The highest BCUT2D eigenvalue weighted by atomic mass is 16.5. The highest BCUT2D eigenvalue weighted by Gasteiger charge is 2.21. The van der Waals surface area contributed by atoms with E-state index in [1.807, 2.05) is 24.3 Å². The molecule has 0 aliphatic carbocycles.